The lowest BCUT2D eigenvalue weighted by Crippen LogP contribution is -2.21. The van der Waals surface area contributed by atoms with Gasteiger partial charge in [-0.2, -0.15) is 0 Å². The summed E-state index contributed by atoms with van der Waals surface area (Å²) in [6, 6.07) is 0. The zero-order valence-corrected chi connectivity index (χ0v) is 15.0. The van der Waals surface area contributed by atoms with E-state index in [1.165, 1.54) is 64.2 Å². The van der Waals surface area contributed by atoms with Crippen molar-refractivity contribution in [1.29, 1.82) is 0 Å². The maximum atomic E-state index is 5.73. The molecule has 130 valence electrons. The third-order valence-corrected chi connectivity index (χ3v) is 6.02. The van der Waals surface area contributed by atoms with Gasteiger partial charge in [0.1, 0.15) is 0 Å². The summed E-state index contributed by atoms with van der Waals surface area (Å²) >= 11 is 0. The second-order valence-electron chi connectivity index (χ2n) is 7.88. The lowest BCUT2D eigenvalue weighted by atomic mass is 9.76. The van der Waals surface area contributed by atoms with Gasteiger partial charge in [0.2, 0.25) is 0 Å². The fourth-order valence-electron chi connectivity index (χ4n) is 4.48. The quantitative estimate of drug-likeness (QED) is 0.527. The lowest BCUT2D eigenvalue weighted by Gasteiger charge is -2.31. The Morgan fingerprint density at radius 3 is 1.59 bits per heavy atom. The van der Waals surface area contributed by atoms with E-state index in [0.29, 0.717) is 0 Å². The molecule has 22 heavy (non-hydrogen) atoms. The number of ether oxygens (including phenoxy) is 2. The molecule has 0 amide bonds. The van der Waals surface area contributed by atoms with Crippen LogP contribution in [0.25, 0.3) is 0 Å². The average Bonchev–Trinajstić information content (AvgIpc) is 2.56. The Hall–Kier alpha value is -0.0800. The van der Waals surface area contributed by atoms with Crippen molar-refractivity contribution < 1.29 is 9.47 Å². The molecule has 2 aliphatic carbocycles. The first-order valence-corrected chi connectivity index (χ1v) is 9.88. The highest BCUT2D eigenvalue weighted by molar-refractivity contribution is 4.76. The molecule has 0 aromatic rings. The van der Waals surface area contributed by atoms with Crippen LogP contribution in [0.3, 0.4) is 0 Å². The average molecular weight is 311 g/mol. The summed E-state index contributed by atoms with van der Waals surface area (Å²) < 4.78 is 11.0. The Labute approximate surface area is 138 Å². The second-order valence-corrected chi connectivity index (χ2v) is 7.88. The zero-order chi connectivity index (χ0) is 15.6. The first kappa shape index (κ1) is 18.3. The molecule has 2 heteroatoms. The fraction of sp³-hybridized carbons (Fsp3) is 1.00. The fourth-order valence-corrected chi connectivity index (χ4v) is 4.48. The predicted molar refractivity (Wildman–Crippen MR) is 93.1 cm³/mol. The van der Waals surface area contributed by atoms with E-state index in [-0.39, 0.29) is 0 Å². The standard InChI is InChI=1S/C20H38O2/c1-3-14-22-16-20-12-8-18(9-13-20)5-4-17-6-10-19(11-7-17)15-21-2/h17-20H,3-16H2,1-2H3/t17-,18?,19-,20?. The number of hydrogen-bond acceptors (Lipinski definition) is 2. The third kappa shape index (κ3) is 6.58. The topological polar surface area (TPSA) is 18.5 Å². The number of methoxy groups -OCH3 is 1. The van der Waals surface area contributed by atoms with Crippen molar-refractivity contribution in [3.05, 3.63) is 0 Å². The van der Waals surface area contributed by atoms with Gasteiger partial charge >= 0.3 is 0 Å². The van der Waals surface area contributed by atoms with Crippen LogP contribution < -0.4 is 0 Å². The molecule has 2 fully saturated rings. The van der Waals surface area contributed by atoms with Crippen LogP contribution in [0.1, 0.15) is 77.6 Å². The minimum atomic E-state index is 0.847. The molecule has 0 saturated heterocycles. The van der Waals surface area contributed by atoms with Crippen LogP contribution >= 0.6 is 0 Å². The summed E-state index contributed by atoms with van der Waals surface area (Å²) in [7, 11) is 1.84. The van der Waals surface area contributed by atoms with E-state index in [4.69, 9.17) is 9.47 Å². The van der Waals surface area contributed by atoms with Gasteiger partial charge < -0.3 is 9.47 Å². The summed E-state index contributed by atoms with van der Waals surface area (Å²) in [4.78, 5) is 0. The molecule has 0 spiro atoms. The molecule has 0 atom stereocenters. The van der Waals surface area contributed by atoms with Crippen LogP contribution in [0, 0.1) is 23.7 Å². The van der Waals surface area contributed by atoms with Crippen molar-refractivity contribution in [2.45, 2.75) is 77.6 Å². The van der Waals surface area contributed by atoms with Gasteiger partial charge in [0.05, 0.1) is 0 Å². The highest BCUT2D eigenvalue weighted by atomic mass is 16.5. The SMILES string of the molecule is CCCOCC1CCC(CC[C@H]2CC[C@H](COC)CC2)CC1. The Morgan fingerprint density at radius 2 is 1.14 bits per heavy atom. The molecule has 0 bridgehead atoms. The van der Waals surface area contributed by atoms with Gasteiger partial charge in [-0.3, -0.25) is 0 Å². The van der Waals surface area contributed by atoms with Gasteiger partial charge in [-0.1, -0.05) is 45.4 Å². The molecule has 0 unspecified atom stereocenters. The van der Waals surface area contributed by atoms with Gasteiger partial charge in [-0.25, -0.2) is 0 Å². The van der Waals surface area contributed by atoms with Crippen LogP contribution in [0.15, 0.2) is 0 Å². The van der Waals surface area contributed by atoms with E-state index >= 15 is 0 Å². The summed E-state index contributed by atoms with van der Waals surface area (Å²) in [6.07, 6.45) is 15.6. The van der Waals surface area contributed by atoms with E-state index in [0.717, 1.165) is 49.9 Å². The first-order chi connectivity index (χ1) is 10.8. The van der Waals surface area contributed by atoms with Gasteiger partial charge in [-0.05, 0) is 55.8 Å². The molecule has 0 heterocycles. The number of hydrogen-bond donors (Lipinski definition) is 0. The van der Waals surface area contributed by atoms with Crippen molar-refractivity contribution >= 4 is 0 Å². The van der Waals surface area contributed by atoms with Gasteiger partial charge in [-0.15, -0.1) is 0 Å². The molecule has 0 aromatic heterocycles. The largest absolute Gasteiger partial charge is 0.384 e. The van der Waals surface area contributed by atoms with Gasteiger partial charge in [0.25, 0.3) is 0 Å². The normalized spacial score (nSPS) is 33.0. The summed E-state index contributed by atoms with van der Waals surface area (Å²) in [6.45, 7) is 5.15. The highest BCUT2D eigenvalue weighted by Gasteiger charge is 2.24. The Bertz CT molecular complexity index is 263. The monoisotopic (exact) mass is 310 g/mol. The van der Waals surface area contributed by atoms with Gasteiger partial charge in [0, 0.05) is 26.9 Å². The van der Waals surface area contributed by atoms with Crippen LogP contribution in [-0.2, 0) is 9.47 Å². The molecule has 2 aliphatic rings. The van der Waals surface area contributed by atoms with Crippen LogP contribution in [0.2, 0.25) is 0 Å². The molecule has 2 saturated carbocycles. The lowest BCUT2D eigenvalue weighted by molar-refractivity contribution is 0.0757. The summed E-state index contributed by atoms with van der Waals surface area (Å²) in [5.74, 6) is 3.73. The molecular weight excluding hydrogens is 272 g/mol. The van der Waals surface area contributed by atoms with E-state index in [1.807, 2.05) is 7.11 Å². The molecule has 0 N–H and O–H groups in total. The Kier molecular flexibility index (Phi) is 8.84. The van der Waals surface area contributed by atoms with Crippen molar-refractivity contribution in [3.8, 4) is 0 Å². The van der Waals surface area contributed by atoms with E-state index in [1.54, 1.807) is 0 Å². The molecule has 0 aromatic carbocycles. The molecule has 0 aliphatic heterocycles. The predicted octanol–water partition coefficient (Wildman–Crippen LogP) is 5.45. The molecular formula is C20H38O2. The highest BCUT2D eigenvalue weighted by Crippen LogP contribution is 2.36. The van der Waals surface area contributed by atoms with Crippen molar-refractivity contribution in [3.63, 3.8) is 0 Å². The van der Waals surface area contributed by atoms with Crippen molar-refractivity contribution in [2.24, 2.45) is 23.7 Å². The van der Waals surface area contributed by atoms with Gasteiger partial charge in [0.15, 0.2) is 0 Å². The van der Waals surface area contributed by atoms with E-state index in [2.05, 4.69) is 6.92 Å². The second kappa shape index (κ2) is 10.6. The van der Waals surface area contributed by atoms with E-state index < -0.39 is 0 Å². The minimum absolute atomic E-state index is 0.847. The third-order valence-electron chi connectivity index (χ3n) is 6.02. The Morgan fingerprint density at radius 1 is 0.682 bits per heavy atom. The van der Waals surface area contributed by atoms with Crippen LogP contribution in [-0.4, -0.2) is 26.9 Å². The maximum absolute atomic E-state index is 5.73. The van der Waals surface area contributed by atoms with Crippen molar-refractivity contribution in [1.82, 2.24) is 0 Å². The molecule has 0 radical (unpaired) electrons. The van der Waals surface area contributed by atoms with Crippen molar-refractivity contribution in [2.75, 3.05) is 26.9 Å². The zero-order valence-electron chi connectivity index (χ0n) is 15.0. The maximum Gasteiger partial charge on any atom is 0.0494 e. The molecule has 2 rings (SSSR count). The molecule has 2 nitrogen and oxygen atoms in total. The number of rotatable bonds is 9. The van der Waals surface area contributed by atoms with Crippen LogP contribution in [0.4, 0.5) is 0 Å². The first-order valence-electron chi connectivity index (χ1n) is 9.88. The van der Waals surface area contributed by atoms with Crippen LogP contribution in [0.5, 0.6) is 0 Å². The Balaban J connectivity index is 1.52. The summed E-state index contributed by atoms with van der Waals surface area (Å²) in [5, 5.41) is 0. The minimum Gasteiger partial charge on any atom is -0.384 e. The summed E-state index contributed by atoms with van der Waals surface area (Å²) in [5.41, 5.74) is 0. The van der Waals surface area contributed by atoms with E-state index in [9.17, 15) is 0 Å². The smallest absolute Gasteiger partial charge is 0.0494 e.